The molecule has 712 valence electrons. The van der Waals surface area contributed by atoms with Crippen LogP contribution in [-0.2, 0) is 95.2 Å². The van der Waals surface area contributed by atoms with Gasteiger partial charge in [0, 0.05) is 57.3 Å². The SMILES string of the molecule is C=C1C[C@@H]2CC[C@@]34C[C@H]5O[C@@H]6[C@@H](O3)[C@H]3O[C@H](CC[C@@H]3O[C@H]6[C@H]5O4)CC(=O)O[C@@H]3[C@@H](C)[C@@H]4O[C@H](CCC(O)/C=C/[C@@H](OCc5ccc(OC)cc5)[C@@H](C)CC(=O)C[C@H](C)[C@@H]5O[C@H]([C@H](C[C@H](CO[Si](C)(C)C(C)(C)C)O[Si](C)(C)C(C)(C)C)O[Si](C)(C)C(C)(C)C)C[C@@H]5O[Si](C)(C)C(C)(C)C)[C@H](O[Si](C)(C)C(C)(C)C)C[C@@H]4O[C@H]3C[C@H]3O[C@@H](CC[C@@H]1O2)C[C@@H](C)C3=C. The molecule has 1 spiro atoms. The number of carbonyl (C=O) groups is 2. The molecule has 12 aliphatic rings. The van der Waals surface area contributed by atoms with Gasteiger partial charge in [0.25, 0.3) is 0 Å². The molecule has 0 aliphatic carbocycles. The average molecular weight is 1840 g/mol. The molecule has 0 aromatic heterocycles. The molecular weight excluding hydrogens is 1670 g/mol. The van der Waals surface area contributed by atoms with Gasteiger partial charge in [-0.1, -0.05) is 169 Å². The number of methoxy groups -OCH3 is 1. The molecule has 12 bridgehead atoms. The summed E-state index contributed by atoms with van der Waals surface area (Å²) in [5.74, 6) is -1.06. The lowest BCUT2D eigenvalue weighted by atomic mass is 9.79. The fourth-order valence-electron chi connectivity index (χ4n) is 19.9. The van der Waals surface area contributed by atoms with Gasteiger partial charge in [0.15, 0.2) is 47.4 Å². The van der Waals surface area contributed by atoms with Crippen LogP contribution >= 0.6 is 0 Å². The first-order chi connectivity index (χ1) is 57.8. The molecule has 12 heterocycles. The lowest BCUT2D eigenvalue weighted by Gasteiger charge is -2.53. The van der Waals surface area contributed by atoms with Gasteiger partial charge in [-0.15, -0.1) is 0 Å². The van der Waals surface area contributed by atoms with Gasteiger partial charge in [0.05, 0.1) is 143 Å². The minimum Gasteiger partial charge on any atom is -0.497 e. The summed E-state index contributed by atoms with van der Waals surface area (Å²) in [6.07, 6.45) is 4.65. The number of aliphatic hydroxyl groups is 1. The van der Waals surface area contributed by atoms with Crippen molar-refractivity contribution in [1.82, 2.24) is 0 Å². The summed E-state index contributed by atoms with van der Waals surface area (Å²) in [4.78, 5) is 30.2. The molecular formula is C99H170O21Si5. The number of fused-ring (bicyclic) bond motifs is 7. The van der Waals surface area contributed by atoms with Crippen molar-refractivity contribution in [3.63, 3.8) is 0 Å². The molecule has 13 rings (SSSR count). The third kappa shape index (κ3) is 23.8. The molecule has 1 N–H and O–H groups in total. The van der Waals surface area contributed by atoms with Gasteiger partial charge in [-0.05, 0) is 195 Å². The third-order valence-electron chi connectivity index (χ3n) is 33.0. The zero-order valence-electron chi connectivity index (χ0n) is 82.9. The van der Waals surface area contributed by atoms with Crippen LogP contribution in [0.15, 0.2) is 60.7 Å². The van der Waals surface area contributed by atoms with Crippen LogP contribution in [0.2, 0.25) is 90.7 Å². The number of aliphatic hydroxyl groups excluding tert-OH is 1. The number of hydrogen-bond donors (Lipinski definition) is 1. The molecule has 0 saturated carbocycles. The standard InChI is InChI=1S/C99H170O21Si5/c1-59-49-69-39-43-74-61(3)50-71(106-74)45-46-99-56-84-90(115-99)91-92(113-84)93(116-99)89-76(111-91)44-40-70(108-89)52-85(102)114-88-64(6)87-82(109-81(88)53-77(107-69)63(59)5)55-80(119-124(29,30)97(16,17)18)75(110-87)42-36-66(100)35-41-73(104-57-65-33-37-68(103-22)38-34-65)60(2)47-67(101)48-62(4)86-83(120-125(31,32)98(19,20)21)54-78(112-86)79(118-123(27,28)96(13,14)15)51-72(117-122(25,26)95(10,11)12)58-105-121(23,24)94(7,8)9/h33-35,37-38,41,59-60,62,64,66,69-84,86-93,100H,3,5,36,39-40,42-58H2,1-2,4,6-32H3/b41-35+/t59-,60+,62+,64+,66?,69+,70-,71+,72-,73-,74+,75-,76+,77-,78+,79+,80-,81+,82+,83+,84-,86+,87+,88-,89+,90+,91+,92+,93+,99+/m1/s1. The highest BCUT2D eigenvalue weighted by Gasteiger charge is 2.69. The number of esters is 1. The van der Waals surface area contributed by atoms with Crippen LogP contribution in [-0.4, -0.2) is 231 Å². The molecule has 12 saturated heterocycles. The minimum atomic E-state index is -2.48. The fourth-order valence-corrected chi connectivity index (χ4v) is 26.4. The minimum absolute atomic E-state index is 0.0118. The smallest absolute Gasteiger partial charge is 0.308 e. The monoisotopic (exact) mass is 1840 g/mol. The van der Waals surface area contributed by atoms with Gasteiger partial charge in [0.2, 0.25) is 0 Å². The van der Waals surface area contributed by atoms with E-state index in [1.165, 1.54) is 0 Å². The van der Waals surface area contributed by atoms with E-state index in [1.807, 2.05) is 36.4 Å². The molecule has 12 aliphatic heterocycles. The summed E-state index contributed by atoms with van der Waals surface area (Å²) in [5.41, 5.74) is 3.07. The molecule has 1 aromatic carbocycles. The van der Waals surface area contributed by atoms with E-state index < -0.39 is 108 Å². The number of rotatable bonds is 29. The molecule has 0 amide bonds. The van der Waals surface area contributed by atoms with Gasteiger partial charge in [-0.25, -0.2) is 0 Å². The summed E-state index contributed by atoms with van der Waals surface area (Å²) < 4.78 is 128. The highest BCUT2D eigenvalue weighted by molar-refractivity contribution is 6.76. The lowest BCUT2D eigenvalue weighted by Crippen LogP contribution is -2.63. The normalized spacial score (nSPS) is 36.3. The molecule has 30 atom stereocenters. The predicted molar refractivity (Wildman–Crippen MR) is 503 cm³/mol. The van der Waals surface area contributed by atoms with E-state index in [1.54, 1.807) is 7.11 Å². The van der Waals surface area contributed by atoms with Crippen LogP contribution in [0, 0.1) is 23.7 Å². The predicted octanol–water partition coefficient (Wildman–Crippen LogP) is 20.9. The van der Waals surface area contributed by atoms with Crippen LogP contribution in [0.3, 0.4) is 0 Å². The average Bonchev–Trinajstić information content (AvgIpc) is 1.55. The van der Waals surface area contributed by atoms with E-state index in [9.17, 15) is 5.11 Å². The van der Waals surface area contributed by atoms with Crippen molar-refractivity contribution in [3.05, 3.63) is 66.3 Å². The zero-order chi connectivity index (χ0) is 91.8. The second kappa shape index (κ2) is 39.2. The van der Waals surface area contributed by atoms with Crippen molar-refractivity contribution in [1.29, 1.82) is 0 Å². The van der Waals surface area contributed by atoms with Crippen LogP contribution in [0.1, 0.15) is 253 Å². The zero-order valence-corrected chi connectivity index (χ0v) is 87.9. The van der Waals surface area contributed by atoms with Crippen LogP contribution in [0.5, 0.6) is 5.75 Å². The summed E-state index contributed by atoms with van der Waals surface area (Å²) in [6.45, 7) is 76.1. The van der Waals surface area contributed by atoms with E-state index >= 15 is 9.59 Å². The van der Waals surface area contributed by atoms with Crippen molar-refractivity contribution in [2.45, 2.75) is 503 Å². The Morgan fingerprint density at radius 3 is 1.82 bits per heavy atom. The third-order valence-corrected chi connectivity index (χ3v) is 55.6. The van der Waals surface area contributed by atoms with E-state index in [2.05, 4.69) is 204 Å². The summed E-state index contributed by atoms with van der Waals surface area (Å²) >= 11 is 0. The van der Waals surface area contributed by atoms with Gasteiger partial charge >= 0.3 is 5.97 Å². The molecule has 0 radical (unpaired) electrons. The first-order valence-electron chi connectivity index (χ1n) is 48.5. The molecule has 21 nitrogen and oxygen atoms in total. The van der Waals surface area contributed by atoms with Crippen LogP contribution < -0.4 is 4.74 Å². The van der Waals surface area contributed by atoms with Crippen molar-refractivity contribution in [2.24, 2.45) is 23.7 Å². The molecule has 12 fully saturated rings. The quantitative estimate of drug-likeness (QED) is 0.0447. The largest absolute Gasteiger partial charge is 0.497 e. The fraction of sp³-hybridized carbons (Fsp3) is 0.859. The number of hydrogen-bond acceptors (Lipinski definition) is 21. The Morgan fingerprint density at radius 1 is 0.576 bits per heavy atom. The maximum Gasteiger partial charge on any atom is 0.308 e. The van der Waals surface area contributed by atoms with Crippen molar-refractivity contribution < 1.29 is 98.4 Å². The van der Waals surface area contributed by atoms with Gasteiger partial charge in [-0.2, -0.15) is 0 Å². The Bertz CT molecular complexity index is 3820. The molecule has 1 unspecified atom stereocenters. The summed E-state index contributed by atoms with van der Waals surface area (Å²) in [7, 11) is -10.2. The second-order valence-corrected chi connectivity index (χ2v) is 71.7. The van der Waals surface area contributed by atoms with Crippen molar-refractivity contribution in [2.75, 3.05) is 13.7 Å². The van der Waals surface area contributed by atoms with Crippen LogP contribution in [0.25, 0.3) is 0 Å². The maximum atomic E-state index is 15.2. The van der Waals surface area contributed by atoms with E-state index in [4.69, 9.17) is 90.3 Å². The Kier molecular flexibility index (Phi) is 31.9. The molecule has 26 heteroatoms. The van der Waals surface area contributed by atoms with Crippen molar-refractivity contribution in [3.8, 4) is 5.75 Å². The van der Waals surface area contributed by atoms with Gasteiger partial charge in [-0.3, -0.25) is 9.59 Å². The maximum absolute atomic E-state index is 15.2. The Balaban J connectivity index is 0.771. The van der Waals surface area contributed by atoms with E-state index in [0.717, 1.165) is 54.6 Å². The Labute approximate surface area is 759 Å². The summed E-state index contributed by atoms with van der Waals surface area (Å²) in [6, 6.07) is 7.84. The van der Waals surface area contributed by atoms with E-state index in [-0.39, 0.29) is 178 Å². The number of benzene rings is 1. The molecule has 125 heavy (non-hydrogen) atoms. The highest BCUT2D eigenvalue weighted by atomic mass is 28.4. The number of Topliss-reactive ketones (excluding diaryl/α,β-unsaturated/α-hetero) is 1. The van der Waals surface area contributed by atoms with Crippen molar-refractivity contribution >= 4 is 53.3 Å². The van der Waals surface area contributed by atoms with Gasteiger partial charge in [0.1, 0.15) is 48.2 Å². The van der Waals surface area contributed by atoms with Gasteiger partial charge < -0.3 is 88.8 Å². The van der Waals surface area contributed by atoms with E-state index in [0.29, 0.717) is 70.8 Å². The molecule has 1 aromatic rings. The Hall–Kier alpha value is -2.22. The highest BCUT2D eigenvalue weighted by Crippen LogP contribution is 2.56. The second-order valence-electron chi connectivity index (χ2n) is 47.9. The lowest BCUT2D eigenvalue weighted by molar-refractivity contribution is -0.293. The number of ketones is 1. The number of ether oxygens (including phenoxy) is 13. The first-order valence-corrected chi connectivity index (χ1v) is 63.0. The summed E-state index contributed by atoms with van der Waals surface area (Å²) in [5, 5.41) is 12.1. The topological polar surface area (TPSA) is 221 Å². The number of carbonyl (C=O) groups excluding carboxylic acids is 2. The van der Waals surface area contributed by atoms with Crippen LogP contribution in [0.4, 0.5) is 0 Å². The first kappa shape index (κ1) is 102. The Morgan fingerprint density at radius 2 is 1.17 bits per heavy atom.